The Labute approximate surface area is 266 Å². The first kappa shape index (κ1) is 29.7. The van der Waals surface area contributed by atoms with Crippen molar-refractivity contribution in [3.05, 3.63) is 111 Å². The van der Waals surface area contributed by atoms with E-state index in [1.165, 1.54) is 13.3 Å². The standard InChI is InChI=1S/C33H24Cl2N4O6/c1-42-26-8-5-9-27-24(26)16-29(45-27)32-38-25-7-4-3-6-23(25)33(41)39(32)36-17-19-14-21(35)15-28(43-2)31(19)44-18-30(40)37-22-12-10-20(34)11-13-22/h3-17H,18H2,1-2H3,(H,37,40). The van der Waals surface area contributed by atoms with E-state index < -0.39 is 11.5 Å². The summed E-state index contributed by atoms with van der Waals surface area (Å²) in [5.41, 5.74) is 1.48. The highest BCUT2D eigenvalue weighted by atomic mass is 35.5. The van der Waals surface area contributed by atoms with Crippen LogP contribution >= 0.6 is 23.2 Å². The number of para-hydroxylation sites is 1. The summed E-state index contributed by atoms with van der Waals surface area (Å²) in [4.78, 5) is 31.2. The van der Waals surface area contributed by atoms with Crippen LogP contribution in [0.5, 0.6) is 17.2 Å². The third-order valence-corrected chi connectivity index (χ3v) is 7.24. The summed E-state index contributed by atoms with van der Waals surface area (Å²) in [7, 11) is 3.01. The summed E-state index contributed by atoms with van der Waals surface area (Å²) in [5.74, 6) is 1.09. The van der Waals surface area contributed by atoms with Gasteiger partial charge in [-0.1, -0.05) is 41.4 Å². The number of amides is 1. The smallest absolute Gasteiger partial charge is 0.282 e. The number of anilines is 1. The molecule has 1 N–H and O–H groups in total. The van der Waals surface area contributed by atoms with E-state index in [9.17, 15) is 9.59 Å². The van der Waals surface area contributed by atoms with Crippen molar-refractivity contribution in [1.29, 1.82) is 0 Å². The molecule has 2 aromatic heterocycles. The Balaban J connectivity index is 1.40. The van der Waals surface area contributed by atoms with E-state index in [1.54, 1.807) is 86.0 Å². The van der Waals surface area contributed by atoms with E-state index in [1.807, 2.05) is 6.07 Å². The minimum absolute atomic E-state index is 0.159. The van der Waals surface area contributed by atoms with Crippen LogP contribution in [0, 0.1) is 0 Å². The van der Waals surface area contributed by atoms with E-state index in [-0.39, 0.29) is 23.9 Å². The molecule has 45 heavy (non-hydrogen) atoms. The van der Waals surface area contributed by atoms with E-state index in [0.717, 1.165) is 4.68 Å². The maximum absolute atomic E-state index is 13.8. The molecule has 0 spiro atoms. The van der Waals surface area contributed by atoms with Crippen LogP contribution in [0.25, 0.3) is 33.5 Å². The number of ether oxygens (including phenoxy) is 3. The Hall–Kier alpha value is -5.32. The highest BCUT2D eigenvalue weighted by molar-refractivity contribution is 6.31. The average molecular weight is 643 g/mol. The molecule has 0 aliphatic carbocycles. The highest BCUT2D eigenvalue weighted by Gasteiger charge is 2.19. The number of carbonyl (C=O) groups excluding carboxylic acids is 1. The van der Waals surface area contributed by atoms with Gasteiger partial charge in [-0.2, -0.15) is 9.78 Å². The highest BCUT2D eigenvalue weighted by Crippen LogP contribution is 2.35. The van der Waals surface area contributed by atoms with Crippen LogP contribution in [0.3, 0.4) is 0 Å². The van der Waals surface area contributed by atoms with Crippen molar-refractivity contribution in [1.82, 2.24) is 9.66 Å². The molecular weight excluding hydrogens is 619 g/mol. The first-order valence-corrected chi connectivity index (χ1v) is 14.3. The van der Waals surface area contributed by atoms with E-state index in [0.29, 0.717) is 54.7 Å². The lowest BCUT2D eigenvalue weighted by molar-refractivity contribution is -0.118. The van der Waals surface area contributed by atoms with Gasteiger partial charge in [0, 0.05) is 27.4 Å². The van der Waals surface area contributed by atoms with Gasteiger partial charge in [0.2, 0.25) is 5.82 Å². The van der Waals surface area contributed by atoms with Gasteiger partial charge < -0.3 is 23.9 Å². The molecule has 2 heterocycles. The van der Waals surface area contributed by atoms with Crippen molar-refractivity contribution in [3.8, 4) is 28.8 Å². The number of rotatable bonds is 9. The number of nitrogens with one attached hydrogen (secondary N) is 1. The van der Waals surface area contributed by atoms with Gasteiger partial charge in [-0.05, 0) is 60.7 Å². The molecule has 12 heteroatoms. The third kappa shape index (κ3) is 6.19. The maximum Gasteiger partial charge on any atom is 0.282 e. The number of halogens is 2. The second-order valence-corrected chi connectivity index (χ2v) is 10.5. The van der Waals surface area contributed by atoms with E-state index in [4.69, 9.17) is 46.8 Å². The number of methoxy groups -OCH3 is 2. The zero-order valence-electron chi connectivity index (χ0n) is 23.9. The molecule has 226 valence electrons. The fourth-order valence-corrected chi connectivity index (χ4v) is 5.03. The normalized spacial score (nSPS) is 11.3. The largest absolute Gasteiger partial charge is 0.496 e. The molecule has 0 unspecified atom stereocenters. The topological polar surface area (TPSA) is 117 Å². The van der Waals surface area contributed by atoms with Crippen LogP contribution in [-0.2, 0) is 4.79 Å². The molecule has 4 aromatic carbocycles. The van der Waals surface area contributed by atoms with Crippen molar-refractivity contribution >= 4 is 62.9 Å². The third-order valence-electron chi connectivity index (χ3n) is 6.77. The molecule has 0 saturated heterocycles. The fourth-order valence-electron chi connectivity index (χ4n) is 4.69. The molecule has 0 aliphatic heterocycles. The summed E-state index contributed by atoms with van der Waals surface area (Å²) < 4.78 is 24.1. The van der Waals surface area contributed by atoms with Gasteiger partial charge in [-0.15, -0.1) is 0 Å². The Morgan fingerprint density at radius 3 is 2.49 bits per heavy atom. The lowest BCUT2D eigenvalue weighted by Crippen LogP contribution is -2.21. The van der Waals surface area contributed by atoms with Crippen molar-refractivity contribution < 1.29 is 23.4 Å². The summed E-state index contributed by atoms with van der Waals surface area (Å²) >= 11 is 12.3. The van der Waals surface area contributed by atoms with Gasteiger partial charge in [0.05, 0.1) is 36.7 Å². The molecule has 0 radical (unpaired) electrons. The van der Waals surface area contributed by atoms with Crippen molar-refractivity contribution in [2.45, 2.75) is 0 Å². The maximum atomic E-state index is 13.8. The summed E-state index contributed by atoms with van der Waals surface area (Å²) in [5, 5.41) is 9.18. The number of aromatic nitrogens is 2. The monoisotopic (exact) mass is 642 g/mol. The second-order valence-electron chi connectivity index (χ2n) is 9.67. The first-order valence-electron chi connectivity index (χ1n) is 13.5. The molecule has 0 fully saturated rings. The lowest BCUT2D eigenvalue weighted by atomic mass is 10.2. The second kappa shape index (κ2) is 12.7. The quantitative estimate of drug-likeness (QED) is 0.168. The SMILES string of the molecule is COc1cc(Cl)cc(C=Nn2c(-c3cc4c(OC)cccc4o3)nc3ccccc3c2=O)c1OCC(=O)Nc1ccc(Cl)cc1. The van der Waals surface area contributed by atoms with Crippen LogP contribution in [0.2, 0.25) is 10.0 Å². The zero-order valence-corrected chi connectivity index (χ0v) is 25.4. The Morgan fingerprint density at radius 1 is 0.933 bits per heavy atom. The molecule has 6 aromatic rings. The van der Waals surface area contributed by atoms with Gasteiger partial charge in [0.15, 0.2) is 23.9 Å². The first-order chi connectivity index (χ1) is 21.8. The van der Waals surface area contributed by atoms with Crippen LogP contribution in [0.15, 0.2) is 99.2 Å². The number of fused-ring (bicyclic) bond motifs is 2. The number of hydrogen-bond donors (Lipinski definition) is 1. The fraction of sp³-hybridized carbons (Fsp3) is 0.0909. The van der Waals surface area contributed by atoms with E-state index in [2.05, 4.69) is 10.4 Å². The van der Waals surface area contributed by atoms with Crippen molar-refractivity contribution in [3.63, 3.8) is 0 Å². The molecule has 6 rings (SSSR count). The Bertz CT molecular complexity index is 2140. The van der Waals surface area contributed by atoms with Crippen LogP contribution in [0.1, 0.15) is 5.56 Å². The summed E-state index contributed by atoms with van der Waals surface area (Å²) in [6.07, 6.45) is 1.38. The summed E-state index contributed by atoms with van der Waals surface area (Å²) in [6, 6.07) is 23.9. The average Bonchev–Trinajstić information content (AvgIpc) is 3.49. The predicted molar refractivity (Wildman–Crippen MR) is 174 cm³/mol. The van der Waals surface area contributed by atoms with Gasteiger partial charge in [0.25, 0.3) is 11.5 Å². The lowest BCUT2D eigenvalue weighted by Gasteiger charge is -2.14. The summed E-state index contributed by atoms with van der Waals surface area (Å²) in [6.45, 7) is -0.356. The van der Waals surface area contributed by atoms with Gasteiger partial charge in [-0.3, -0.25) is 9.59 Å². The number of nitrogens with zero attached hydrogens (tertiary/aromatic N) is 3. The number of hydrogen-bond acceptors (Lipinski definition) is 8. The molecular formula is C33H24Cl2N4O6. The molecule has 1 amide bonds. The molecule has 0 saturated carbocycles. The van der Waals surface area contributed by atoms with Crippen molar-refractivity contribution in [2.24, 2.45) is 5.10 Å². The van der Waals surface area contributed by atoms with Crippen LogP contribution in [-0.4, -0.2) is 42.6 Å². The van der Waals surface area contributed by atoms with Crippen molar-refractivity contribution in [2.75, 3.05) is 26.1 Å². The molecule has 10 nitrogen and oxygen atoms in total. The van der Waals surface area contributed by atoms with Gasteiger partial charge in [-0.25, -0.2) is 4.98 Å². The molecule has 0 bridgehead atoms. The number of benzene rings is 4. The predicted octanol–water partition coefficient (Wildman–Crippen LogP) is 7.03. The zero-order chi connectivity index (χ0) is 31.5. The molecule has 0 atom stereocenters. The Morgan fingerprint density at radius 2 is 1.71 bits per heavy atom. The van der Waals surface area contributed by atoms with Gasteiger partial charge in [0.1, 0.15) is 11.3 Å². The minimum Gasteiger partial charge on any atom is -0.496 e. The molecule has 0 aliphatic rings. The Kier molecular flexibility index (Phi) is 8.41. The number of furan rings is 1. The van der Waals surface area contributed by atoms with Crippen LogP contribution in [0.4, 0.5) is 5.69 Å². The van der Waals surface area contributed by atoms with Crippen LogP contribution < -0.4 is 25.1 Å². The number of carbonyl (C=O) groups is 1. The van der Waals surface area contributed by atoms with E-state index >= 15 is 0 Å². The minimum atomic E-state index is -0.432. The van der Waals surface area contributed by atoms with Gasteiger partial charge >= 0.3 is 0 Å².